The van der Waals surface area contributed by atoms with Crippen molar-refractivity contribution in [3.05, 3.63) is 29.8 Å². The number of carbonyl (C=O) groups is 3. The predicted molar refractivity (Wildman–Crippen MR) is 93.1 cm³/mol. The van der Waals surface area contributed by atoms with E-state index < -0.39 is 0 Å². The van der Waals surface area contributed by atoms with Crippen LogP contribution in [0, 0.1) is 11.8 Å². The lowest BCUT2D eigenvalue weighted by Crippen LogP contribution is -2.42. The molecule has 2 amide bonds. The number of nitrogens with zero attached hydrogens (tertiary/aromatic N) is 1. The maximum atomic E-state index is 12.8. The Morgan fingerprint density at radius 2 is 2.00 bits per heavy atom. The molecule has 3 rings (SSSR count). The smallest absolute Gasteiger partial charge is 0.310 e. The van der Waals surface area contributed by atoms with E-state index in [4.69, 9.17) is 4.74 Å². The lowest BCUT2D eigenvalue weighted by atomic mass is 9.97. The molecule has 6 heteroatoms. The Hall–Kier alpha value is -2.37. The van der Waals surface area contributed by atoms with Crippen LogP contribution < -0.4 is 5.32 Å². The third-order valence-electron chi connectivity index (χ3n) is 4.65. The molecule has 134 valence electrons. The molecule has 1 saturated carbocycles. The highest BCUT2D eigenvalue weighted by Gasteiger charge is 2.31. The molecular weight excluding hydrogens is 320 g/mol. The highest BCUT2D eigenvalue weighted by molar-refractivity contribution is 5.98. The van der Waals surface area contributed by atoms with Gasteiger partial charge in [0.2, 0.25) is 5.91 Å². The van der Waals surface area contributed by atoms with E-state index in [2.05, 4.69) is 5.32 Å². The summed E-state index contributed by atoms with van der Waals surface area (Å²) in [6, 6.07) is 7.00. The van der Waals surface area contributed by atoms with E-state index in [-0.39, 0.29) is 29.6 Å². The topological polar surface area (TPSA) is 75.7 Å². The second-order valence-electron chi connectivity index (χ2n) is 6.69. The number of esters is 1. The van der Waals surface area contributed by atoms with Gasteiger partial charge in [-0.1, -0.05) is 6.07 Å². The average Bonchev–Trinajstić information content (AvgIpc) is 3.47. The second-order valence-corrected chi connectivity index (χ2v) is 6.69. The number of anilines is 1. The summed E-state index contributed by atoms with van der Waals surface area (Å²) in [6.07, 6.45) is 3.41. The van der Waals surface area contributed by atoms with Crippen LogP contribution in [-0.4, -0.2) is 42.4 Å². The molecule has 6 nitrogen and oxygen atoms in total. The van der Waals surface area contributed by atoms with Crippen molar-refractivity contribution in [1.29, 1.82) is 0 Å². The summed E-state index contributed by atoms with van der Waals surface area (Å²) in [5.41, 5.74) is 1.17. The molecule has 1 aromatic carbocycles. The van der Waals surface area contributed by atoms with Crippen molar-refractivity contribution in [2.45, 2.75) is 32.6 Å². The number of ether oxygens (including phenoxy) is 1. The minimum Gasteiger partial charge on any atom is -0.466 e. The third-order valence-corrected chi connectivity index (χ3v) is 4.65. The van der Waals surface area contributed by atoms with Gasteiger partial charge in [0.25, 0.3) is 5.91 Å². The van der Waals surface area contributed by atoms with E-state index in [1.54, 1.807) is 36.1 Å². The number of hydrogen-bond acceptors (Lipinski definition) is 4. The van der Waals surface area contributed by atoms with Gasteiger partial charge < -0.3 is 15.0 Å². The van der Waals surface area contributed by atoms with Crippen LogP contribution in [0.2, 0.25) is 0 Å². The van der Waals surface area contributed by atoms with Crippen LogP contribution in [0.15, 0.2) is 24.3 Å². The molecule has 1 atom stereocenters. The van der Waals surface area contributed by atoms with E-state index >= 15 is 0 Å². The Bertz CT molecular complexity index is 669. The number of rotatable bonds is 5. The Morgan fingerprint density at radius 3 is 2.72 bits per heavy atom. The van der Waals surface area contributed by atoms with E-state index in [0.717, 1.165) is 25.7 Å². The molecule has 1 aliphatic heterocycles. The van der Waals surface area contributed by atoms with Crippen LogP contribution in [-0.2, 0) is 14.3 Å². The number of piperidine rings is 1. The summed E-state index contributed by atoms with van der Waals surface area (Å²) in [5.74, 6) is -0.464. The number of amides is 2. The van der Waals surface area contributed by atoms with Gasteiger partial charge >= 0.3 is 5.97 Å². The van der Waals surface area contributed by atoms with Crippen molar-refractivity contribution >= 4 is 23.5 Å². The first kappa shape index (κ1) is 17.5. The predicted octanol–water partition coefficient (Wildman–Crippen LogP) is 2.45. The first-order valence-electron chi connectivity index (χ1n) is 8.95. The van der Waals surface area contributed by atoms with Gasteiger partial charge in [-0.15, -0.1) is 0 Å². The maximum Gasteiger partial charge on any atom is 0.310 e. The molecule has 1 aromatic rings. The summed E-state index contributed by atoms with van der Waals surface area (Å²) >= 11 is 0. The first-order valence-corrected chi connectivity index (χ1v) is 8.95. The quantitative estimate of drug-likeness (QED) is 0.833. The van der Waals surface area contributed by atoms with E-state index in [0.29, 0.717) is 30.9 Å². The molecule has 25 heavy (non-hydrogen) atoms. The summed E-state index contributed by atoms with van der Waals surface area (Å²) in [7, 11) is 0. The van der Waals surface area contributed by atoms with Crippen LogP contribution in [0.5, 0.6) is 0 Å². The molecular formula is C19H24N2O4. The maximum absolute atomic E-state index is 12.8. The molecule has 1 heterocycles. The van der Waals surface area contributed by atoms with Crippen molar-refractivity contribution in [2.24, 2.45) is 11.8 Å². The number of benzene rings is 1. The fraction of sp³-hybridized carbons (Fsp3) is 0.526. The highest BCUT2D eigenvalue weighted by atomic mass is 16.5. The van der Waals surface area contributed by atoms with E-state index in [9.17, 15) is 14.4 Å². The van der Waals surface area contributed by atoms with E-state index in [1.165, 1.54) is 0 Å². The zero-order valence-corrected chi connectivity index (χ0v) is 14.5. The van der Waals surface area contributed by atoms with E-state index in [1.807, 2.05) is 0 Å². The van der Waals surface area contributed by atoms with Gasteiger partial charge in [-0.3, -0.25) is 14.4 Å². The monoisotopic (exact) mass is 344 g/mol. The Kier molecular flexibility index (Phi) is 5.36. The Balaban J connectivity index is 1.65. The minimum absolute atomic E-state index is 0.0185. The average molecular weight is 344 g/mol. The number of carbonyl (C=O) groups excluding carboxylic acids is 3. The summed E-state index contributed by atoms with van der Waals surface area (Å²) in [4.78, 5) is 38.3. The zero-order chi connectivity index (χ0) is 17.8. The second kappa shape index (κ2) is 7.68. The van der Waals surface area contributed by atoms with Gasteiger partial charge in [0.1, 0.15) is 0 Å². The SMILES string of the molecule is CCOC(=O)[C@@H]1CCCN(C(=O)c2cccc(NC(=O)C3CC3)c2)C1. The van der Waals surface area contributed by atoms with Crippen molar-refractivity contribution in [3.63, 3.8) is 0 Å². The van der Waals surface area contributed by atoms with Crippen molar-refractivity contribution in [2.75, 3.05) is 25.0 Å². The number of likely N-dealkylation sites (tertiary alicyclic amines) is 1. The standard InChI is InChI=1S/C19H24N2O4/c1-2-25-19(24)15-6-4-10-21(12-15)18(23)14-5-3-7-16(11-14)20-17(22)13-8-9-13/h3,5,7,11,13,15H,2,4,6,8-10,12H2,1H3,(H,20,22)/t15-/m1/s1. The Labute approximate surface area is 147 Å². The number of hydrogen-bond donors (Lipinski definition) is 1. The van der Waals surface area contributed by atoms with Crippen molar-refractivity contribution in [1.82, 2.24) is 4.90 Å². The summed E-state index contributed by atoms with van der Waals surface area (Å²) in [6.45, 7) is 3.15. The lowest BCUT2D eigenvalue weighted by molar-refractivity contribution is -0.149. The Morgan fingerprint density at radius 1 is 1.20 bits per heavy atom. The summed E-state index contributed by atoms with van der Waals surface area (Å²) < 4.78 is 5.08. The van der Waals surface area contributed by atoms with Crippen LogP contribution in [0.25, 0.3) is 0 Å². The van der Waals surface area contributed by atoms with Gasteiger partial charge in [0.05, 0.1) is 12.5 Å². The molecule has 2 aliphatic rings. The van der Waals surface area contributed by atoms with Gasteiger partial charge in [0, 0.05) is 30.3 Å². The van der Waals surface area contributed by atoms with Crippen LogP contribution in [0.1, 0.15) is 43.0 Å². The van der Waals surface area contributed by atoms with Crippen LogP contribution >= 0.6 is 0 Å². The molecule has 0 aromatic heterocycles. The fourth-order valence-electron chi connectivity index (χ4n) is 3.12. The fourth-order valence-corrected chi connectivity index (χ4v) is 3.12. The minimum atomic E-state index is -0.254. The molecule has 1 aliphatic carbocycles. The normalized spacial score (nSPS) is 20.0. The van der Waals surface area contributed by atoms with Crippen LogP contribution in [0.4, 0.5) is 5.69 Å². The molecule has 0 unspecified atom stereocenters. The molecule has 1 N–H and O–H groups in total. The summed E-state index contributed by atoms with van der Waals surface area (Å²) in [5, 5.41) is 2.86. The highest BCUT2D eigenvalue weighted by Crippen LogP contribution is 2.30. The largest absolute Gasteiger partial charge is 0.466 e. The van der Waals surface area contributed by atoms with Crippen molar-refractivity contribution < 1.29 is 19.1 Å². The first-order chi connectivity index (χ1) is 12.1. The molecule has 2 fully saturated rings. The molecule has 0 radical (unpaired) electrons. The molecule has 0 spiro atoms. The van der Waals surface area contributed by atoms with Gasteiger partial charge in [-0.05, 0) is 50.8 Å². The van der Waals surface area contributed by atoms with Gasteiger partial charge in [-0.2, -0.15) is 0 Å². The molecule has 1 saturated heterocycles. The number of nitrogens with one attached hydrogen (secondary N) is 1. The van der Waals surface area contributed by atoms with Gasteiger partial charge in [-0.25, -0.2) is 0 Å². The molecule has 0 bridgehead atoms. The van der Waals surface area contributed by atoms with Gasteiger partial charge in [0.15, 0.2) is 0 Å². The van der Waals surface area contributed by atoms with Crippen molar-refractivity contribution in [3.8, 4) is 0 Å². The third kappa shape index (κ3) is 4.38. The zero-order valence-electron chi connectivity index (χ0n) is 14.5. The van der Waals surface area contributed by atoms with Crippen LogP contribution in [0.3, 0.4) is 0 Å². The lowest BCUT2D eigenvalue weighted by Gasteiger charge is -2.31.